The van der Waals surface area contributed by atoms with E-state index in [1.54, 1.807) is 49.8 Å². The van der Waals surface area contributed by atoms with Crippen LogP contribution in [0.3, 0.4) is 0 Å². The normalized spacial score (nSPS) is 11.4. The van der Waals surface area contributed by atoms with Gasteiger partial charge in [0.25, 0.3) is 0 Å². The quantitative estimate of drug-likeness (QED) is 0.527. The molecule has 1 aromatic rings. The van der Waals surface area contributed by atoms with E-state index < -0.39 is 6.04 Å². The van der Waals surface area contributed by atoms with Crippen LogP contribution in [0.25, 0.3) is 0 Å². The number of hydrogen-bond donors (Lipinski definition) is 0. The van der Waals surface area contributed by atoms with E-state index in [0.717, 1.165) is 0 Å². The number of hydrogen-bond acceptors (Lipinski definition) is 8. The minimum atomic E-state index is -0.692. The van der Waals surface area contributed by atoms with Crippen LogP contribution in [0.4, 0.5) is 17.8 Å². The summed E-state index contributed by atoms with van der Waals surface area (Å²) in [5, 5.41) is 9.56. The second kappa shape index (κ2) is 8.29. The van der Waals surface area contributed by atoms with Gasteiger partial charge in [0.15, 0.2) is 6.19 Å². The van der Waals surface area contributed by atoms with Gasteiger partial charge < -0.3 is 14.7 Å². The molecule has 9 heteroatoms. The summed E-state index contributed by atoms with van der Waals surface area (Å²) >= 11 is 0. The summed E-state index contributed by atoms with van der Waals surface area (Å²) in [5.41, 5.74) is 0. The molecule has 9 nitrogen and oxygen atoms in total. The first-order chi connectivity index (χ1) is 11.3. The van der Waals surface area contributed by atoms with Gasteiger partial charge >= 0.3 is 0 Å². The van der Waals surface area contributed by atoms with Crippen LogP contribution < -0.4 is 14.7 Å². The molecule has 0 aromatic carbocycles. The number of aromatic nitrogens is 3. The standard InChI is InChI=1S/C15H26N8O/c1-8-22(9-2)12(24)11(3)23(10-16)15-18-13(20(4)5)17-14(19-15)21(6)7/h11H,8-9H2,1-7H3. The zero-order valence-electron chi connectivity index (χ0n) is 15.5. The molecule has 0 saturated heterocycles. The molecule has 0 spiro atoms. The maximum atomic E-state index is 12.6. The number of carbonyl (C=O) groups excluding carboxylic acids is 1. The van der Waals surface area contributed by atoms with Crippen LogP contribution in [0.2, 0.25) is 0 Å². The van der Waals surface area contributed by atoms with E-state index in [2.05, 4.69) is 15.0 Å². The van der Waals surface area contributed by atoms with Crippen LogP contribution in [0.15, 0.2) is 0 Å². The summed E-state index contributed by atoms with van der Waals surface area (Å²) in [6.45, 7) is 6.66. The van der Waals surface area contributed by atoms with Crippen molar-refractivity contribution in [2.75, 3.05) is 56.0 Å². The van der Waals surface area contributed by atoms with Crippen molar-refractivity contribution in [3.63, 3.8) is 0 Å². The predicted octanol–water partition coefficient (Wildman–Crippen LogP) is 0.548. The number of nitriles is 1. The third-order valence-corrected chi connectivity index (χ3v) is 3.54. The van der Waals surface area contributed by atoms with Crippen LogP contribution in [0.1, 0.15) is 20.8 Å². The van der Waals surface area contributed by atoms with Crippen molar-refractivity contribution in [3.8, 4) is 6.19 Å². The molecule has 132 valence electrons. The van der Waals surface area contributed by atoms with E-state index in [1.807, 2.05) is 20.0 Å². The fourth-order valence-electron chi connectivity index (χ4n) is 2.07. The Kier molecular flexibility index (Phi) is 6.70. The van der Waals surface area contributed by atoms with Crippen molar-refractivity contribution in [1.82, 2.24) is 19.9 Å². The van der Waals surface area contributed by atoms with Crippen LogP contribution in [0, 0.1) is 11.5 Å². The number of carbonyl (C=O) groups is 1. The highest BCUT2D eigenvalue weighted by Gasteiger charge is 2.28. The van der Waals surface area contributed by atoms with Gasteiger partial charge in [0.2, 0.25) is 23.8 Å². The van der Waals surface area contributed by atoms with Gasteiger partial charge in [-0.25, -0.2) is 4.90 Å². The first-order valence-electron chi connectivity index (χ1n) is 7.85. The fourth-order valence-corrected chi connectivity index (χ4v) is 2.07. The Morgan fingerprint density at radius 2 is 1.42 bits per heavy atom. The van der Waals surface area contributed by atoms with E-state index in [0.29, 0.717) is 25.0 Å². The molecule has 24 heavy (non-hydrogen) atoms. The third-order valence-electron chi connectivity index (χ3n) is 3.54. The molecule has 0 aliphatic rings. The van der Waals surface area contributed by atoms with Gasteiger partial charge in [-0.05, 0) is 20.8 Å². The van der Waals surface area contributed by atoms with Gasteiger partial charge in [-0.2, -0.15) is 20.2 Å². The first kappa shape index (κ1) is 19.4. The SMILES string of the molecule is CCN(CC)C(=O)C(C)N(C#N)c1nc(N(C)C)nc(N(C)C)n1. The Morgan fingerprint density at radius 1 is 1.00 bits per heavy atom. The lowest BCUT2D eigenvalue weighted by molar-refractivity contribution is -0.131. The highest BCUT2D eigenvalue weighted by molar-refractivity contribution is 5.85. The molecule has 0 bridgehead atoms. The summed E-state index contributed by atoms with van der Waals surface area (Å²) in [6.07, 6.45) is 2.03. The fraction of sp³-hybridized carbons (Fsp3) is 0.667. The van der Waals surface area contributed by atoms with Crippen LogP contribution in [-0.2, 0) is 4.79 Å². The van der Waals surface area contributed by atoms with Crippen molar-refractivity contribution in [2.24, 2.45) is 0 Å². The molecule has 0 radical (unpaired) electrons. The van der Waals surface area contributed by atoms with E-state index >= 15 is 0 Å². The molecular formula is C15H26N8O. The largest absolute Gasteiger partial charge is 0.347 e. The zero-order valence-corrected chi connectivity index (χ0v) is 15.5. The highest BCUT2D eigenvalue weighted by atomic mass is 16.2. The van der Waals surface area contributed by atoms with Crippen molar-refractivity contribution in [3.05, 3.63) is 0 Å². The lowest BCUT2D eigenvalue weighted by Crippen LogP contribution is -2.46. The van der Waals surface area contributed by atoms with E-state index in [1.165, 1.54) is 4.90 Å². The van der Waals surface area contributed by atoms with Gasteiger partial charge in [-0.3, -0.25) is 4.79 Å². The van der Waals surface area contributed by atoms with Gasteiger partial charge in [-0.1, -0.05) is 0 Å². The Hall–Kier alpha value is -2.63. The molecule has 1 amide bonds. The number of amides is 1. The summed E-state index contributed by atoms with van der Waals surface area (Å²) in [7, 11) is 7.22. The first-order valence-corrected chi connectivity index (χ1v) is 7.85. The van der Waals surface area contributed by atoms with Gasteiger partial charge in [0.1, 0.15) is 6.04 Å². The Labute approximate surface area is 143 Å². The molecule has 1 aromatic heterocycles. The highest BCUT2D eigenvalue weighted by Crippen LogP contribution is 2.19. The molecule has 0 fully saturated rings. The third kappa shape index (κ3) is 4.22. The summed E-state index contributed by atoms with van der Waals surface area (Å²) in [5.74, 6) is 0.866. The average Bonchev–Trinajstić information content (AvgIpc) is 2.55. The Balaban J connectivity index is 3.29. The van der Waals surface area contributed by atoms with Crippen molar-refractivity contribution >= 4 is 23.8 Å². The topological polar surface area (TPSA) is 92.5 Å². The minimum Gasteiger partial charge on any atom is -0.347 e. The summed E-state index contributed by atoms with van der Waals surface area (Å²) in [4.78, 5) is 31.9. The van der Waals surface area contributed by atoms with Crippen molar-refractivity contribution < 1.29 is 4.79 Å². The molecular weight excluding hydrogens is 308 g/mol. The van der Waals surface area contributed by atoms with E-state index in [-0.39, 0.29) is 11.9 Å². The molecule has 0 aliphatic carbocycles. The Morgan fingerprint density at radius 3 is 1.75 bits per heavy atom. The number of rotatable bonds is 7. The molecule has 0 saturated carbocycles. The van der Waals surface area contributed by atoms with Crippen LogP contribution >= 0.6 is 0 Å². The van der Waals surface area contributed by atoms with Crippen LogP contribution in [0.5, 0.6) is 0 Å². The molecule has 1 unspecified atom stereocenters. The van der Waals surface area contributed by atoms with Crippen molar-refractivity contribution in [2.45, 2.75) is 26.8 Å². The second-order valence-electron chi connectivity index (χ2n) is 5.68. The molecule has 0 N–H and O–H groups in total. The zero-order chi connectivity index (χ0) is 18.4. The molecule has 1 atom stereocenters. The van der Waals surface area contributed by atoms with Gasteiger partial charge in [-0.15, -0.1) is 0 Å². The lowest BCUT2D eigenvalue weighted by atomic mass is 10.2. The minimum absolute atomic E-state index is 0.139. The second-order valence-corrected chi connectivity index (χ2v) is 5.68. The number of anilines is 3. The Bertz CT molecular complexity index is 580. The molecule has 1 rings (SSSR count). The summed E-state index contributed by atoms with van der Waals surface area (Å²) < 4.78 is 0. The average molecular weight is 334 g/mol. The lowest BCUT2D eigenvalue weighted by Gasteiger charge is -2.27. The number of nitrogens with zero attached hydrogens (tertiary/aromatic N) is 8. The van der Waals surface area contributed by atoms with Crippen LogP contribution in [-0.4, -0.2) is 73.1 Å². The predicted molar refractivity (Wildman–Crippen MR) is 94.0 cm³/mol. The summed E-state index contributed by atoms with van der Waals surface area (Å²) in [6, 6.07) is -0.692. The monoisotopic (exact) mass is 334 g/mol. The maximum absolute atomic E-state index is 12.6. The van der Waals surface area contributed by atoms with E-state index in [4.69, 9.17) is 0 Å². The van der Waals surface area contributed by atoms with Gasteiger partial charge in [0, 0.05) is 41.3 Å². The maximum Gasteiger partial charge on any atom is 0.246 e. The number of likely N-dealkylation sites (N-methyl/N-ethyl adjacent to an activating group) is 1. The molecule has 0 aliphatic heterocycles. The van der Waals surface area contributed by atoms with Gasteiger partial charge in [0.05, 0.1) is 0 Å². The molecule has 1 heterocycles. The smallest absolute Gasteiger partial charge is 0.246 e. The van der Waals surface area contributed by atoms with E-state index in [9.17, 15) is 10.1 Å². The van der Waals surface area contributed by atoms with Crippen molar-refractivity contribution in [1.29, 1.82) is 5.26 Å².